The highest BCUT2D eigenvalue weighted by Crippen LogP contribution is 2.29. The summed E-state index contributed by atoms with van der Waals surface area (Å²) in [6.45, 7) is 0.767. The predicted octanol–water partition coefficient (Wildman–Crippen LogP) is 2.89. The molecule has 0 aliphatic carbocycles. The number of hydrogen-bond acceptors (Lipinski definition) is 6. The van der Waals surface area contributed by atoms with Crippen LogP contribution >= 0.6 is 11.3 Å². The van der Waals surface area contributed by atoms with Crippen LogP contribution < -0.4 is 10.2 Å². The van der Waals surface area contributed by atoms with Crippen LogP contribution in [0.1, 0.15) is 12.8 Å². The van der Waals surface area contributed by atoms with Crippen molar-refractivity contribution in [2.75, 3.05) is 16.8 Å². The van der Waals surface area contributed by atoms with E-state index in [1.807, 2.05) is 34.5 Å². The van der Waals surface area contributed by atoms with E-state index in [2.05, 4.69) is 15.3 Å². The summed E-state index contributed by atoms with van der Waals surface area (Å²) in [6, 6.07) is 7.87. The molecule has 0 bridgehead atoms. The van der Waals surface area contributed by atoms with Gasteiger partial charge in [-0.05, 0) is 25.0 Å². The first-order chi connectivity index (χ1) is 10.8. The Kier molecular flexibility index (Phi) is 3.27. The Balaban J connectivity index is 1.58. The van der Waals surface area contributed by atoms with Crippen molar-refractivity contribution in [3.63, 3.8) is 0 Å². The topological polar surface area (TPSA) is 71.3 Å². The second kappa shape index (κ2) is 5.42. The van der Waals surface area contributed by atoms with Crippen LogP contribution in [0.15, 0.2) is 40.3 Å². The Labute approximate surface area is 130 Å². The Hall–Kier alpha value is -2.41. The minimum atomic E-state index is -0.267. The Bertz CT molecular complexity index is 766. The molecule has 1 fully saturated rings. The molecule has 3 aromatic rings. The van der Waals surface area contributed by atoms with Gasteiger partial charge in [0.1, 0.15) is 11.6 Å². The van der Waals surface area contributed by atoms with E-state index in [4.69, 9.17) is 4.42 Å². The van der Waals surface area contributed by atoms with Gasteiger partial charge in [0.05, 0.1) is 0 Å². The minimum absolute atomic E-state index is 0.0605. The molecule has 4 rings (SSSR count). The summed E-state index contributed by atoms with van der Waals surface area (Å²) in [7, 11) is 0. The fourth-order valence-electron chi connectivity index (χ4n) is 2.73. The Morgan fingerprint density at radius 1 is 1.41 bits per heavy atom. The molecule has 0 radical (unpaired) electrons. The summed E-state index contributed by atoms with van der Waals surface area (Å²) in [5, 5.41) is 5.31. The number of carbonyl (C=O) groups excluding carboxylic acids is 1. The van der Waals surface area contributed by atoms with E-state index in [1.165, 1.54) is 11.3 Å². The van der Waals surface area contributed by atoms with E-state index in [1.54, 1.807) is 6.20 Å². The fraction of sp³-hybridized carbons (Fsp3) is 0.267. The minimum Gasteiger partial charge on any atom is -0.423 e. The zero-order chi connectivity index (χ0) is 14.9. The maximum Gasteiger partial charge on any atom is 0.299 e. The van der Waals surface area contributed by atoms with Crippen LogP contribution in [0, 0.1) is 0 Å². The molecular weight excluding hydrogens is 300 g/mol. The number of amides is 1. The van der Waals surface area contributed by atoms with Crippen LogP contribution in [0.2, 0.25) is 0 Å². The first-order valence-electron chi connectivity index (χ1n) is 7.14. The number of aromatic nitrogens is 2. The number of anilines is 2. The van der Waals surface area contributed by atoms with E-state index in [0.717, 1.165) is 30.5 Å². The van der Waals surface area contributed by atoms with Crippen molar-refractivity contribution >= 4 is 39.5 Å². The number of benzene rings is 1. The second-order valence-corrected chi connectivity index (χ2v) is 6.04. The maximum atomic E-state index is 12.5. The molecule has 1 saturated heterocycles. The Morgan fingerprint density at radius 3 is 3.14 bits per heavy atom. The van der Waals surface area contributed by atoms with Crippen LogP contribution in [0.25, 0.3) is 11.1 Å². The van der Waals surface area contributed by atoms with Crippen LogP contribution in [0.3, 0.4) is 0 Å². The molecule has 1 atom stereocenters. The molecule has 7 heteroatoms. The van der Waals surface area contributed by atoms with Crippen molar-refractivity contribution in [1.82, 2.24) is 9.97 Å². The zero-order valence-corrected chi connectivity index (χ0v) is 12.5. The van der Waals surface area contributed by atoms with Gasteiger partial charge < -0.3 is 14.6 Å². The number of rotatable bonds is 3. The summed E-state index contributed by atoms with van der Waals surface area (Å²) in [6.07, 6.45) is 3.40. The van der Waals surface area contributed by atoms with E-state index >= 15 is 0 Å². The quantitative estimate of drug-likeness (QED) is 0.805. The average molecular weight is 314 g/mol. The monoisotopic (exact) mass is 314 g/mol. The molecule has 2 aromatic heterocycles. The van der Waals surface area contributed by atoms with Gasteiger partial charge >= 0.3 is 0 Å². The van der Waals surface area contributed by atoms with Crippen molar-refractivity contribution in [3.8, 4) is 0 Å². The lowest BCUT2D eigenvalue weighted by atomic mass is 10.2. The third kappa shape index (κ3) is 2.33. The summed E-state index contributed by atoms with van der Waals surface area (Å²) in [5.41, 5.74) is 1.55. The number of para-hydroxylation sites is 2. The smallest absolute Gasteiger partial charge is 0.299 e. The van der Waals surface area contributed by atoms with Gasteiger partial charge in [-0.3, -0.25) is 4.79 Å². The lowest BCUT2D eigenvalue weighted by molar-refractivity contribution is -0.117. The van der Waals surface area contributed by atoms with Gasteiger partial charge in [0.15, 0.2) is 10.7 Å². The lowest BCUT2D eigenvalue weighted by Crippen LogP contribution is -2.39. The molecule has 1 N–H and O–H groups in total. The summed E-state index contributed by atoms with van der Waals surface area (Å²) >= 11 is 1.41. The van der Waals surface area contributed by atoms with Crippen molar-refractivity contribution in [1.29, 1.82) is 0 Å². The first kappa shape index (κ1) is 13.3. The van der Waals surface area contributed by atoms with E-state index in [-0.39, 0.29) is 11.9 Å². The van der Waals surface area contributed by atoms with E-state index in [0.29, 0.717) is 11.1 Å². The molecule has 3 heterocycles. The highest BCUT2D eigenvalue weighted by molar-refractivity contribution is 7.13. The third-order valence-corrected chi connectivity index (χ3v) is 4.43. The van der Waals surface area contributed by atoms with Crippen LogP contribution in [-0.2, 0) is 4.79 Å². The fourth-order valence-corrected chi connectivity index (χ4v) is 3.26. The number of nitrogens with one attached hydrogen (secondary N) is 1. The molecule has 6 nitrogen and oxygen atoms in total. The first-order valence-corrected chi connectivity index (χ1v) is 8.02. The van der Waals surface area contributed by atoms with Gasteiger partial charge in [-0.2, -0.15) is 4.98 Å². The van der Waals surface area contributed by atoms with Crippen molar-refractivity contribution in [3.05, 3.63) is 35.8 Å². The molecule has 112 valence electrons. The Morgan fingerprint density at radius 2 is 2.32 bits per heavy atom. The van der Waals surface area contributed by atoms with E-state index < -0.39 is 0 Å². The van der Waals surface area contributed by atoms with Gasteiger partial charge in [-0.1, -0.05) is 12.1 Å². The van der Waals surface area contributed by atoms with Crippen molar-refractivity contribution < 1.29 is 9.21 Å². The normalized spacial score (nSPS) is 18.0. The highest BCUT2D eigenvalue weighted by atomic mass is 32.1. The van der Waals surface area contributed by atoms with Gasteiger partial charge in [0.25, 0.3) is 6.01 Å². The molecule has 22 heavy (non-hydrogen) atoms. The van der Waals surface area contributed by atoms with Crippen molar-refractivity contribution in [2.45, 2.75) is 18.9 Å². The highest BCUT2D eigenvalue weighted by Gasteiger charge is 2.34. The largest absolute Gasteiger partial charge is 0.423 e. The number of carbonyl (C=O) groups is 1. The molecule has 0 unspecified atom stereocenters. The third-order valence-electron chi connectivity index (χ3n) is 3.75. The van der Waals surface area contributed by atoms with Gasteiger partial charge in [0.2, 0.25) is 5.91 Å². The lowest BCUT2D eigenvalue weighted by Gasteiger charge is -2.21. The maximum absolute atomic E-state index is 12.5. The van der Waals surface area contributed by atoms with Gasteiger partial charge in [-0.25, -0.2) is 4.98 Å². The second-order valence-electron chi connectivity index (χ2n) is 5.14. The van der Waals surface area contributed by atoms with Gasteiger partial charge in [0, 0.05) is 18.1 Å². The van der Waals surface area contributed by atoms with Crippen molar-refractivity contribution in [2.24, 2.45) is 0 Å². The summed E-state index contributed by atoms with van der Waals surface area (Å²) in [5.74, 6) is -0.0605. The molecule has 1 aliphatic rings. The SMILES string of the molecule is O=C(Nc1nccs1)[C@H]1CCCN1c1nc2ccccc2o1. The molecule has 1 amide bonds. The average Bonchev–Trinajstić information content (AvgIpc) is 3.26. The van der Waals surface area contributed by atoms with Crippen LogP contribution in [0.4, 0.5) is 11.1 Å². The van der Waals surface area contributed by atoms with E-state index in [9.17, 15) is 4.79 Å². The molecule has 1 aliphatic heterocycles. The molecule has 1 aromatic carbocycles. The number of fused-ring (bicyclic) bond motifs is 1. The summed E-state index contributed by atoms with van der Waals surface area (Å²) < 4.78 is 5.79. The molecular formula is C15H14N4O2S. The number of oxazole rings is 1. The summed E-state index contributed by atoms with van der Waals surface area (Å²) in [4.78, 5) is 23.0. The number of hydrogen-bond donors (Lipinski definition) is 1. The van der Waals surface area contributed by atoms with Gasteiger partial charge in [-0.15, -0.1) is 11.3 Å². The predicted molar refractivity (Wildman–Crippen MR) is 85.1 cm³/mol. The van der Waals surface area contributed by atoms with Crippen LogP contribution in [0.5, 0.6) is 0 Å². The molecule has 0 spiro atoms. The van der Waals surface area contributed by atoms with Crippen LogP contribution in [-0.4, -0.2) is 28.5 Å². The molecule has 0 saturated carbocycles. The zero-order valence-electron chi connectivity index (χ0n) is 11.7. The standard InChI is InChI=1S/C15H14N4O2S/c20-13(18-14-16-7-9-22-14)11-5-3-8-19(11)15-17-10-4-1-2-6-12(10)21-15/h1-2,4,6-7,9,11H,3,5,8H2,(H,16,18,20)/t11-/m1/s1. The number of nitrogens with zero attached hydrogens (tertiary/aromatic N) is 3. The number of thiazole rings is 1.